The quantitative estimate of drug-likeness (QED) is 0.784. The van der Waals surface area contributed by atoms with Gasteiger partial charge in [-0.3, -0.25) is 0 Å². The van der Waals surface area contributed by atoms with E-state index < -0.39 is 29.6 Å². The van der Waals surface area contributed by atoms with E-state index in [9.17, 15) is 8.78 Å². The molecule has 8 heteroatoms. The highest BCUT2D eigenvalue weighted by Gasteiger charge is 2.45. The highest BCUT2D eigenvalue weighted by Crippen LogP contribution is 2.37. The smallest absolute Gasteiger partial charge is 0.168 e. The Bertz CT molecular complexity index is 674. The second-order valence-electron chi connectivity index (χ2n) is 4.63. The number of hydrogen-bond donors (Lipinski definition) is 0. The predicted molar refractivity (Wildman–Crippen MR) is 72.7 cm³/mol. The average Bonchev–Trinajstić information content (AvgIpc) is 3.15. The van der Waals surface area contributed by atoms with Crippen molar-refractivity contribution >= 4 is 15.9 Å². The lowest BCUT2D eigenvalue weighted by molar-refractivity contribution is -0.0842. The van der Waals surface area contributed by atoms with Crippen LogP contribution in [0.5, 0.6) is 0 Å². The van der Waals surface area contributed by atoms with Crippen LogP contribution in [0.3, 0.4) is 0 Å². The molecule has 112 valence electrons. The maximum absolute atomic E-state index is 14.4. The number of hydrogen-bond acceptors (Lipinski definition) is 4. The van der Waals surface area contributed by atoms with E-state index in [1.807, 2.05) is 0 Å². The maximum Gasteiger partial charge on any atom is 0.168 e. The fourth-order valence-electron chi connectivity index (χ4n) is 2.30. The van der Waals surface area contributed by atoms with Gasteiger partial charge in [-0.1, -0.05) is 22.0 Å². The van der Waals surface area contributed by atoms with Gasteiger partial charge >= 0.3 is 0 Å². The molecule has 3 rings (SSSR count). The Kier molecular flexibility index (Phi) is 3.66. The van der Waals surface area contributed by atoms with Crippen LogP contribution in [0.2, 0.25) is 0 Å². The minimum absolute atomic E-state index is 0.0606. The van der Waals surface area contributed by atoms with Gasteiger partial charge in [-0.15, -0.1) is 0 Å². The van der Waals surface area contributed by atoms with Crippen molar-refractivity contribution in [3.05, 3.63) is 48.0 Å². The third kappa shape index (κ3) is 2.83. The van der Waals surface area contributed by atoms with Crippen molar-refractivity contribution in [1.29, 1.82) is 0 Å². The monoisotopic (exact) mass is 360 g/mol. The third-order valence-corrected chi connectivity index (χ3v) is 3.75. The Hall–Kier alpha value is -1.38. The number of nitrogens with zero attached hydrogens (tertiary/aromatic N) is 3. The fraction of sp³-hybridized carbons (Fsp3) is 0.385. The van der Waals surface area contributed by atoms with Crippen LogP contribution < -0.4 is 0 Å². The zero-order chi connectivity index (χ0) is 15.7. The van der Waals surface area contributed by atoms with Crippen molar-refractivity contribution < 1.29 is 19.6 Å². The minimum atomic E-state index is -1.19. The topological polar surface area (TPSA) is 49.2 Å². The zero-order valence-electron chi connectivity index (χ0n) is 11.8. The van der Waals surface area contributed by atoms with Crippen molar-refractivity contribution in [3.63, 3.8) is 0 Å². The summed E-state index contributed by atoms with van der Waals surface area (Å²) < 4.78 is 48.0. The molecule has 2 aromatic rings. The molecule has 0 saturated carbocycles. The molecule has 21 heavy (non-hydrogen) atoms. The van der Waals surface area contributed by atoms with Crippen LogP contribution in [0.15, 0.2) is 30.8 Å². The molecule has 0 bridgehead atoms. The lowest BCUT2D eigenvalue weighted by Gasteiger charge is -2.28. The van der Waals surface area contributed by atoms with Gasteiger partial charge in [0.25, 0.3) is 0 Å². The summed E-state index contributed by atoms with van der Waals surface area (Å²) >= 11 is 3.25. The SMILES string of the molecule is [2H]c1c(F)ccc([C@]2(Cn3cncn3)CO[C@@H](CBr)O2)c1F. The van der Waals surface area contributed by atoms with E-state index in [1.165, 1.54) is 23.4 Å². The maximum atomic E-state index is 14.4. The predicted octanol–water partition coefficient (Wildman–Crippen LogP) is 2.22. The molecule has 1 fully saturated rings. The Morgan fingerprint density at radius 2 is 2.38 bits per heavy atom. The molecular weight excluding hydrogens is 348 g/mol. The minimum Gasteiger partial charge on any atom is -0.348 e. The van der Waals surface area contributed by atoms with Crippen LogP contribution in [0.4, 0.5) is 8.78 Å². The van der Waals surface area contributed by atoms with Crippen molar-refractivity contribution in [1.82, 2.24) is 14.8 Å². The van der Waals surface area contributed by atoms with Crippen molar-refractivity contribution in [2.24, 2.45) is 0 Å². The van der Waals surface area contributed by atoms with Crippen LogP contribution in [0.25, 0.3) is 0 Å². The van der Waals surface area contributed by atoms with Gasteiger partial charge in [-0.05, 0) is 6.07 Å². The van der Waals surface area contributed by atoms with Gasteiger partial charge in [0.15, 0.2) is 6.29 Å². The lowest BCUT2D eigenvalue weighted by atomic mass is 9.94. The summed E-state index contributed by atoms with van der Waals surface area (Å²) in [5, 5.41) is 4.39. The Labute approximate surface area is 129 Å². The van der Waals surface area contributed by atoms with E-state index in [2.05, 4.69) is 26.0 Å². The molecule has 0 N–H and O–H groups in total. The molecule has 1 aromatic carbocycles. The van der Waals surface area contributed by atoms with Gasteiger partial charge in [-0.2, -0.15) is 5.10 Å². The van der Waals surface area contributed by atoms with Crippen molar-refractivity contribution in [3.8, 4) is 0 Å². The summed E-state index contributed by atoms with van der Waals surface area (Å²) in [5.41, 5.74) is -1.13. The van der Waals surface area contributed by atoms with Gasteiger partial charge in [0.1, 0.15) is 29.9 Å². The number of alkyl halides is 1. The van der Waals surface area contributed by atoms with Gasteiger partial charge < -0.3 is 9.47 Å². The van der Waals surface area contributed by atoms with E-state index in [1.54, 1.807) is 0 Å². The van der Waals surface area contributed by atoms with E-state index in [-0.39, 0.29) is 18.7 Å². The molecule has 0 unspecified atom stereocenters. The van der Waals surface area contributed by atoms with E-state index >= 15 is 0 Å². The average molecular weight is 361 g/mol. The summed E-state index contributed by atoms with van der Waals surface area (Å²) in [6.07, 6.45) is 2.25. The summed E-state index contributed by atoms with van der Waals surface area (Å²) in [5.74, 6) is -1.88. The van der Waals surface area contributed by atoms with Crippen LogP contribution in [0.1, 0.15) is 6.93 Å². The summed E-state index contributed by atoms with van der Waals surface area (Å²) in [6, 6.07) is 1.54. The van der Waals surface area contributed by atoms with E-state index in [0.717, 1.165) is 6.07 Å². The van der Waals surface area contributed by atoms with Gasteiger partial charge in [0.05, 0.1) is 19.9 Å². The number of ether oxygens (including phenoxy) is 2. The standard InChI is InChI=1S/C13H12BrF2N3O2/c14-4-12-20-6-13(21-12,5-19-8-17-7-18-19)10-2-1-9(15)3-11(10)16/h1-3,7-8,12H,4-6H2/t12-,13+/m1/s1/i3D. The summed E-state index contributed by atoms with van der Waals surface area (Å²) in [6.45, 7) is 0.198. The Morgan fingerprint density at radius 3 is 3.05 bits per heavy atom. The number of aromatic nitrogens is 3. The fourth-order valence-corrected chi connectivity index (χ4v) is 2.62. The lowest BCUT2D eigenvalue weighted by Crippen LogP contribution is -2.36. The number of rotatable bonds is 4. The first kappa shape index (κ1) is 13.3. The first-order chi connectivity index (χ1) is 10.6. The van der Waals surface area contributed by atoms with Crippen LogP contribution >= 0.6 is 15.9 Å². The molecule has 0 radical (unpaired) electrons. The molecule has 1 saturated heterocycles. The second-order valence-corrected chi connectivity index (χ2v) is 5.28. The molecule has 0 spiro atoms. The number of benzene rings is 1. The Morgan fingerprint density at radius 1 is 1.52 bits per heavy atom. The Balaban J connectivity index is 2.04. The van der Waals surface area contributed by atoms with Crippen LogP contribution in [0, 0.1) is 11.6 Å². The zero-order valence-corrected chi connectivity index (χ0v) is 12.4. The molecule has 2 heterocycles. The molecule has 5 nitrogen and oxygen atoms in total. The largest absolute Gasteiger partial charge is 0.348 e. The van der Waals surface area contributed by atoms with E-state index in [0.29, 0.717) is 5.33 Å². The second kappa shape index (κ2) is 5.78. The molecule has 2 atom stereocenters. The first-order valence-corrected chi connectivity index (χ1v) is 7.31. The summed E-state index contributed by atoms with van der Waals surface area (Å²) in [7, 11) is 0. The summed E-state index contributed by atoms with van der Waals surface area (Å²) in [4.78, 5) is 3.84. The third-order valence-electron chi connectivity index (χ3n) is 3.22. The van der Waals surface area contributed by atoms with E-state index in [4.69, 9.17) is 10.8 Å². The molecule has 0 amide bonds. The molecule has 1 aliphatic heterocycles. The normalized spacial score (nSPS) is 26.0. The number of halogens is 3. The molecule has 1 aromatic heterocycles. The highest BCUT2D eigenvalue weighted by molar-refractivity contribution is 9.09. The molecule has 0 aliphatic carbocycles. The van der Waals surface area contributed by atoms with Gasteiger partial charge in [0, 0.05) is 11.6 Å². The van der Waals surface area contributed by atoms with Gasteiger partial charge in [-0.25, -0.2) is 18.4 Å². The highest BCUT2D eigenvalue weighted by atomic mass is 79.9. The van der Waals surface area contributed by atoms with Crippen molar-refractivity contribution in [2.75, 3.05) is 11.9 Å². The van der Waals surface area contributed by atoms with Crippen molar-refractivity contribution in [2.45, 2.75) is 18.4 Å². The molecular formula is C13H12BrF2N3O2. The van der Waals surface area contributed by atoms with Crippen LogP contribution in [-0.4, -0.2) is 33.0 Å². The van der Waals surface area contributed by atoms with Crippen LogP contribution in [-0.2, 0) is 21.6 Å². The molecule has 1 aliphatic rings. The first-order valence-electron chi connectivity index (χ1n) is 6.68. The van der Waals surface area contributed by atoms with Gasteiger partial charge in [0.2, 0.25) is 0 Å².